The Morgan fingerprint density at radius 1 is 0.920 bits per heavy atom. The minimum absolute atomic E-state index is 0.0717. The standard InChI is InChI=1S/C39H48N6O5/c1-38(2)36(39(3,4)37(38)50-31-12-8-28(23-40)33(22-31)49-5)42-34(46)27-6-9-29(10-7-27)44-16-14-26(15-17-44)25-43-18-20-45(21-19-43)30-11-13-32(35(47)48)41-24-30/h6-13,22,24,26,36-37H,14-21,25H2,1-5H3,(H,42,46)(H,47,48)/t36-,37-. The van der Waals surface area contributed by atoms with Crippen LogP contribution in [0.1, 0.15) is 66.9 Å². The number of hydrogen-bond acceptors (Lipinski definition) is 9. The van der Waals surface area contributed by atoms with Crippen molar-refractivity contribution in [3.05, 3.63) is 77.6 Å². The summed E-state index contributed by atoms with van der Waals surface area (Å²) in [4.78, 5) is 35.9. The van der Waals surface area contributed by atoms with Crippen molar-refractivity contribution in [2.75, 3.05) is 62.7 Å². The molecule has 1 amide bonds. The van der Waals surface area contributed by atoms with Crippen molar-refractivity contribution in [3.63, 3.8) is 0 Å². The first kappa shape index (κ1) is 35.0. The second kappa shape index (κ2) is 14.2. The monoisotopic (exact) mass is 680 g/mol. The first-order valence-electron chi connectivity index (χ1n) is 17.5. The van der Waals surface area contributed by atoms with E-state index < -0.39 is 5.97 Å². The zero-order chi connectivity index (χ0) is 35.6. The van der Waals surface area contributed by atoms with Gasteiger partial charge in [-0.1, -0.05) is 27.7 Å². The van der Waals surface area contributed by atoms with Crippen molar-refractivity contribution in [3.8, 4) is 17.6 Å². The summed E-state index contributed by atoms with van der Waals surface area (Å²) in [5.41, 5.74) is 2.64. The number of nitrogens with one attached hydrogen (secondary N) is 1. The molecule has 1 saturated carbocycles. The van der Waals surface area contributed by atoms with E-state index in [0.29, 0.717) is 28.5 Å². The molecular formula is C39H48N6O5. The Bertz CT molecular complexity index is 1700. The predicted octanol–water partition coefficient (Wildman–Crippen LogP) is 5.31. The molecule has 50 heavy (non-hydrogen) atoms. The first-order chi connectivity index (χ1) is 23.9. The fraction of sp³-hybridized carbons (Fsp3) is 0.487. The van der Waals surface area contributed by atoms with E-state index in [2.05, 4.69) is 70.9 Å². The lowest BCUT2D eigenvalue weighted by atomic mass is 9.49. The molecule has 0 radical (unpaired) electrons. The number of carbonyl (C=O) groups is 2. The largest absolute Gasteiger partial charge is 0.495 e. The Balaban J connectivity index is 0.963. The van der Waals surface area contributed by atoms with Crippen LogP contribution in [0.3, 0.4) is 0 Å². The number of piperidine rings is 1. The molecule has 2 N–H and O–H groups in total. The molecule has 0 bridgehead atoms. The lowest BCUT2D eigenvalue weighted by molar-refractivity contribution is -0.164. The number of carbonyl (C=O) groups excluding carboxylic acids is 1. The molecule has 3 fully saturated rings. The van der Waals surface area contributed by atoms with Crippen LogP contribution >= 0.6 is 0 Å². The maximum absolute atomic E-state index is 13.5. The van der Waals surface area contributed by atoms with Crippen LogP contribution in [0.5, 0.6) is 11.5 Å². The summed E-state index contributed by atoms with van der Waals surface area (Å²) in [6.07, 6.45) is 3.77. The highest BCUT2D eigenvalue weighted by Crippen LogP contribution is 2.55. The van der Waals surface area contributed by atoms with E-state index >= 15 is 0 Å². The zero-order valence-corrected chi connectivity index (χ0v) is 29.7. The van der Waals surface area contributed by atoms with Crippen molar-refractivity contribution >= 4 is 23.3 Å². The molecule has 0 atom stereocenters. The lowest BCUT2D eigenvalue weighted by Gasteiger charge is -2.63. The van der Waals surface area contributed by atoms with Crippen LogP contribution in [0.15, 0.2) is 60.8 Å². The Kier molecular flexibility index (Phi) is 9.94. The summed E-state index contributed by atoms with van der Waals surface area (Å²) >= 11 is 0. The highest BCUT2D eigenvalue weighted by molar-refractivity contribution is 5.95. The minimum Gasteiger partial charge on any atom is -0.495 e. The van der Waals surface area contributed by atoms with Gasteiger partial charge >= 0.3 is 5.97 Å². The first-order valence-corrected chi connectivity index (χ1v) is 17.5. The molecule has 0 spiro atoms. The van der Waals surface area contributed by atoms with Crippen LogP contribution in [0.4, 0.5) is 11.4 Å². The van der Waals surface area contributed by atoms with Crippen LogP contribution in [0.25, 0.3) is 0 Å². The summed E-state index contributed by atoms with van der Waals surface area (Å²) < 4.78 is 11.8. The van der Waals surface area contributed by atoms with Gasteiger partial charge in [-0.3, -0.25) is 9.69 Å². The summed E-state index contributed by atoms with van der Waals surface area (Å²) in [7, 11) is 1.54. The predicted molar refractivity (Wildman–Crippen MR) is 192 cm³/mol. The van der Waals surface area contributed by atoms with Crippen molar-refractivity contribution in [2.45, 2.75) is 52.7 Å². The molecule has 11 nitrogen and oxygen atoms in total. The Morgan fingerprint density at radius 2 is 1.56 bits per heavy atom. The van der Waals surface area contributed by atoms with Gasteiger partial charge in [0.25, 0.3) is 5.91 Å². The van der Waals surface area contributed by atoms with Crippen molar-refractivity contribution < 1.29 is 24.2 Å². The Hall–Kier alpha value is -4.82. The Labute approximate surface area is 294 Å². The van der Waals surface area contributed by atoms with Gasteiger partial charge in [-0.25, -0.2) is 9.78 Å². The number of carboxylic acids is 1. The number of ether oxygens (including phenoxy) is 2. The van der Waals surface area contributed by atoms with Crippen molar-refractivity contribution in [1.29, 1.82) is 5.26 Å². The number of carboxylic acid groups (broad SMARTS) is 1. The van der Waals surface area contributed by atoms with Gasteiger partial charge in [-0.15, -0.1) is 0 Å². The summed E-state index contributed by atoms with van der Waals surface area (Å²) in [6, 6.07) is 18.7. The summed E-state index contributed by atoms with van der Waals surface area (Å²) in [5, 5.41) is 21.7. The number of hydrogen-bond donors (Lipinski definition) is 2. The van der Waals surface area contributed by atoms with Crippen LogP contribution in [0.2, 0.25) is 0 Å². The average molecular weight is 681 g/mol. The summed E-state index contributed by atoms with van der Waals surface area (Å²) in [6.45, 7) is 15.3. The third-order valence-corrected chi connectivity index (χ3v) is 11.0. The molecule has 6 rings (SSSR count). The molecule has 3 aliphatic rings. The number of amides is 1. The molecule has 1 aliphatic carbocycles. The van der Waals surface area contributed by atoms with Gasteiger partial charge in [-0.05, 0) is 67.3 Å². The third-order valence-electron chi connectivity index (χ3n) is 11.0. The number of nitriles is 1. The van der Waals surface area contributed by atoms with Crippen LogP contribution in [0, 0.1) is 28.1 Å². The Morgan fingerprint density at radius 3 is 2.14 bits per heavy atom. The zero-order valence-electron chi connectivity index (χ0n) is 29.7. The van der Waals surface area contributed by atoms with Gasteiger partial charge in [0.05, 0.1) is 24.6 Å². The van der Waals surface area contributed by atoms with E-state index in [0.717, 1.165) is 70.0 Å². The number of nitrogens with zero attached hydrogens (tertiary/aromatic N) is 5. The van der Waals surface area contributed by atoms with E-state index in [9.17, 15) is 14.9 Å². The second-order valence-corrected chi connectivity index (χ2v) is 15.0. The fourth-order valence-corrected chi connectivity index (χ4v) is 8.44. The lowest BCUT2D eigenvalue weighted by Crippen LogP contribution is -2.74. The number of aromatic nitrogens is 1. The third kappa shape index (κ3) is 7.08. The number of pyridine rings is 1. The number of piperazine rings is 1. The molecule has 264 valence electrons. The molecule has 2 saturated heterocycles. The quantitative estimate of drug-likeness (QED) is 0.291. The highest BCUT2D eigenvalue weighted by atomic mass is 16.5. The van der Waals surface area contributed by atoms with Crippen molar-refractivity contribution in [2.24, 2.45) is 16.7 Å². The van der Waals surface area contributed by atoms with Gasteiger partial charge in [-0.2, -0.15) is 5.26 Å². The van der Waals surface area contributed by atoms with E-state index in [-0.39, 0.29) is 34.6 Å². The van der Waals surface area contributed by atoms with Gasteiger partial charge in [0, 0.05) is 80.0 Å². The van der Waals surface area contributed by atoms with Gasteiger partial charge < -0.3 is 29.7 Å². The van der Waals surface area contributed by atoms with E-state index in [1.807, 2.05) is 18.2 Å². The van der Waals surface area contributed by atoms with Gasteiger partial charge in [0.2, 0.25) is 0 Å². The number of aromatic carboxylic acids is 1. The topological polar surface area (TPSA) is 131 Å². The van der Waals surface area contributed by atoms with Crippen LogP contribution < -0.4 is 24.6 Å². The molecule has 2 aliphatic heterocycles. The SMILES string of the molecule is COc1cc(O[C@H]2C(C)(C)[C@H](NC(=O)c3ccc(N4CCC(CN5CCN(c6ccc(C(=O)O)nc6)CC5)CC4)cc3)C2(C)C)ccc1C#N. The number of rotatable bonds is 10. The second-order valence-electron chi connectivity index (χ2n) is 15.0. The highest BCUT2D eigenvalue weighted by Gasteiger charge is 2.64. The molecule has 0 unspecified atom stereocenters. The maximum atomic E-state index is 13.5. The van der Waals surface area contributed by atoms with Crippen molar-refractivity contribution in [1.82, 2.24) is 15.2 Å². The molecule has 3 aromatic rings. The van der Waals surface area contributed by atoms with E-state index in [4.69, 9.17) is 14.6 Å². The molecule has 11 heteroatoms. The number of methoxy groups -OCH3 is 1. The molecular weight excluding hydrogens is 632 g/mol. The normalized spacial score (nSPS) is 21.8. The smallest absolute Gasteiger partial charge is 0.354 e. The molecule has 2 aromatic carbocycles. The van der Waals surface area contributed by atoms with Crippen LogP contribution in [-0.2, 0) is 0 Å². The van der Waals surface area contributed by atoms with E-state index in [1.165, 1.54) is 7.11 Å². The van der Waals surface area contributed by atoms with Gasteiger partial charge in [0.1, 0.15) is 29.4 Å². The average Bonchev–Trinajstić information content (AvgIpc) is 3.13. The van der Waals surface area contributed by atoms with Gasteiger partial charge in [0.15, 0.2) is 0 Å². The summed E-state index contributed by atoms with van der Waals surface area (Å²) in [5.74, 6) is 0.673. The fourth-order valence-electron chi connectivity index (χ4n) is 8.44. The maximum Gasteiger partial charge on any atom is 0.354 e. The van der Waals surface area contributed by atoms with Crippen LogP contribution in [-0.4, -0.2) is 91.9 Å². The number of benzene rings is 2. The molecule has 3 heterocycles. The molecule has 1 aromatic heterocycles. The number of anilines is 2. The minimum atomic E-state index is -1.00. The van der Waals surface area contributed by atoms with E-state index in [1.54, 1.807) is 30.5 Å².